The highest BCUT2D eigenvalue weighted by molar-refractivity contribution is 6.34. The lowest BCUT2D eigenvalue weighted by molar-refractivity contribution is -0.140. The fourth-order valence-electron chi connectivity index (χ4n) is 4.18. The van der Waals surface area contributed by atoms with Gasteiger partial charge >= 0.3 is 5.97 Å². The van der Waals surface area contributed by atoms with E-state index in [9.17, 15) is 14.4 Å². The van der Waals surface area contributed by atoms with Gasteiger partial charge in [-0.2, -0.15) is 0 Å². The minimum atomic E-state index is -0.777. The molecule has 2 atom stereocenters. The second kappa shape index (κ2) is 11.2. The van der Waals surface area contributed by atoms with E-state index >= 15 is 0 Å². The number of esters is 1. The Bertz CT molecular complexity index is 1060. The van der Waals surface area contributed by atoms with Gasteiger partial charge in [0.05, 0.1) is 36.1 Å². The first-order valence-corrected chi connectivity index (χ1v) is 11.4. The summed E-state index contributed by atoms with van der Waals surface area (Å²) in [6.07, 6.45) is 2.89. The number of methoxy groups -OCH3 is 2. The van der Waals surface area contributed by atoms with Crippen LogP contribution < -0.4 is 14.8 Å². The van der Waals surface area contributed by atoms with E-state index in [4.69, 9.17) is 25.8 Å². The quantitative estimate of drug-likeness (QED) is 0.574. The summed E-state index contributed by atoms with van der Waals surface area (Å²) in [5, 5.41) is 2.95. The molecule has 1 aliphatic heterocycles. The minimum Gasteiger partial charge on any atom is -0.493 e. The number of halogens is 1. The molecule has 0 aliphatic carbocycles. The molecule has 0 bridgehead atoms. The second-order valence-corrected chi connectivity index (χ2v) is 8.60. The lowest BCUT2D eigenvalue weighted by atomic mass is 9.97. The maximum absolute atomic E-state index is 13.0. The highest BCUT2D eigenvalue weighted by Gasteiger charge is 2.30. The molecule has 34 heavy (non-hydrogen) atoms. The molecule has 3 rings (SSSR count). The number of carbonyl (C=O) groups is 3. The van der Waals surface area contributed by atoms with Crippen LogP contribution in [0.15, 0.2) is 36.4 Å². The predicted octanol–water partition coefficient (Wildman–Crippen LogP) is 4.56. The van der Waals surface area contributed by atoms with E-state index < -0.39 is 18.5 Å². The van der Waals surface area contributed by atoms with Crippen LogP contribution in [0.4, 0.5) is 5.69 Å². The van der Waals surface area contributed by atoms with Crippen LogP contribution in [-0.2, 0) is 9.53 Å². The molecule has 2 aromatic carbocycles. The molecule has 8 nitrogen and oxygen atoms in total. The van der Waals surface area contributed by atoms with Crippen LogP contribution >= 0.6 is 11.6 Å². The fourth-order valence-corrected chi connectivity index (χ4v) is 4.40. The smallest absolute Gasteiger partial charge is 0.340 e. The van der Waals surface area contributed by atoms with Gasteiger partial charge in [-0.25, -0.2) is 4.79 Å². The molecular formula is C25H29ClN2O6. The molecule has 9 heteroatoms. The molecule has 1 saturated heterocycles. The van der Waals surface area contributed by atoms with Gasteiger partial charge in [0, 0.05) is 24.2 Å². The number of nitrogens with zero attached hydrogens (tertiary/aromatic N) is 1. The van der Waals surface area contributed by atoms with Crippen LogP contribution in [-0.4, -0.2) is 55.6 Å². The van der Waals surface area contributed by atoms with E-state index in [0.29, 0.717) is 5.75 Å². The van der Waals surface area contributed by atoms with Crippen molar-refractivity contribution < 1.29 is 28.6 Å². The number of likely N-dealkylation sites (tertiary alicyclic amines) is 1. The summed E-state index contributed by atoms with van der Waals surface area (Å²) in [7, 11) is 2.87. The first-order valence-electron chi connectivity index (χ1n) is 11.1. The minimum absolute atomic E-state index is 0.0191. The van der Waals surface area contributed by atoms with Crippen molar-refractivity contribution in [3.63, 3.8) is 0 Å². The van der Waals surface area contributed by atoms with Crippen LogP contribution in [0, 0.1) is 0 Å². The summed E-state index contributed by atoms with van der Waals surface area (Å²) >= 11 is 6.14. The number of carbonyl (C=O) groups excluding carboxylic acids is 3. The highest BCUT2D eigenvalue weighted by Crippen LogP contribution is 2.34. The van der Waals surface area contributed by atoms with Crippen molar-refractivity contribution in [2.24, 2.45) is 0 Å². The Kier molecular flexibility index (Phi) is 8.39. The SMILES string of the molecule is COc1cc(NC(=O)c2ccccc2Cl)c(C(=O)OCC(=O)N2C(C)CCCC2C)cc1OC. The molecule has 1 fully saturated rings. The molecule has 0 radical (unpaired) electrons. The lowest BCUT2D eigenvalue weighted by Gasteiger charge is -2.38. The first-order chi connectivity index (χ1) is 16.3. The summed E-state index contributed by atoms with van der Waals surface area (Å²) in [6.45, 7) is 3.58. The molecule has 1 N–H and O–H groups in total. The molecule has 1 aliphatic rings. The largest absolute Gasteiger partial charge is 0.493 e. The summed E-state index contributed by atoms with van der Waals surface area (Å²) in [4.78, 5) is 40.4. The zero-order valence-electron chi connectivity index (χ0n) is 19.7. The Labute approximate surface area is 204 Å². The Hall–Kier alpha value is -3.26. The van der Waals surface area contributed by atoms with Crippen LogP contribution in [0.25, 0.3) is 0 Å². The monoisotopic (exact) mass is 488 g/mol. The number of rotatable bonds is 7. The van der Waals surface area contributed by atoms with Gasteiger partial charge in [0.15, 0.2) is 18.1 Å². The molecule has 2 unspecified atom stereocenters. The van der Waals surface area contributed by atoms with Gasteiger partial charge < -0.3 is 24.4 Å². The van der Waals surface area contributed by atoms with E-state index in [2.05, 4.69) is 5.32 Å². The number of benzene rings is 2. The van der Waals surface area contributed by atoms with E-state index in [1.54, 1.807) is 29.2 Å². The van der Waals surface area contributed by atoms with Gasteiger partial charge in [0.25, 0.3) is 11.8 Å². The van der Waals surface area contributed by atoms with Gasteiger partial charge in [-0.15, -0.1) is 0 Å². The Morgan fingerprint density at radius 2 is 1.62 bits per heavy atom. The van der Waals surface area contributed by atoms with E-state index in [-0.39, 0.29) is 45.6 Å². The fraction of sp³-hybridized carbons (Fsp3) is 0.400. The molecule has 2 amide bonds. The number of ether oxygens (including phenoxy) is 3. The average Bonchev–Trinajstić information content (AvgIpc) is 2.82. The predicted molar refractivity (Wildman–Crippen MR) is 129 cm³/mol. The number of hydrogen-bond donors (Lipinski definition) is 1. The summed E-state index contributed by atoms with van der Waals surface area (Å²) in [5.74, 6) is -0.967. The molecule has 0 saturated carbocycles. The van der Waals surface area contributed by atoms with Crippen molar-refractivity contribution in [3.05, 3.63) is 52.5 Å². The standard InChI is InChI=1S/C25H29ClN2O6/c1-15-8-7-9-16(2)28(15)23(29)14-34-25(31)18-12-21(32-3)22(33-4)13-20(18)27-24(30)17-10-5-6-11-19(17)26/h5-6,10-13,15-16H,7-9,14H2,1-4H3,(H,27,30). The highest BCUT2D eigenvalue weighted by atomic mass is 35.5. The van der Waals surface area contributed by atoms with E-state index in [1.165, 1.54) is 26.4 Å². The van der Waals surface area contributed by atoms with Crippen molar-refractivity contribution in [1.29, 1.82) is 0 Å². The number of nitrogens with one attached hydrogen (secondary N) is 1. The number of amides is 2. The molecular weight excluding hydrogens is 460 g/mol. The van der Waals surface area contributed by atoms with Gasteiger partial charge in [-0.3, -0.25) is 9.59 Å². The van der Waals surface area contributed by atoms with E-state index in [0.717, 1.165) is 19.3 Å². The van der Waals surface area contributed by atoms with Crippen molar-refractivity contribution >= 4 is 35.1 Å². The Morgan fingerprint density at radius 3 is 2.24 bits per heavy atom. The van der Waals surface area contributed by atoms with Crippen LogP contribution in [0.1, 0.15) is 53.8 Å². The Morgan fingerprint density at radius 1 is 1.00 bits per heavy atom. The normalized spacial score (nSPS) is 17.6. The average molecular weight is 489 g/mol. The van der Waals surface area contributed by atoms with Crippen molar-refractivity contribution in [1.82, 2.24) is 4.90 Å². The molecule has 2 aromatic rings. The molecule has 0 aromatic heterocycles. The number of piperidine rings is 1. The van der Waals surface area contributed by atoms with Crippen molar-refractivity contribution in [2.45, 2.75) is 45.2 Å². The van der Waals surface area contributed by atoms with Crippen LogP contribution in [0.3, 0.4) is 0 Å². The number of anilines is 1. The molecule has 182 valence electrons. The van der Waals surface area contributed by atoms with Gasteiger partial charge in [-0.05, 0) is 45.2 Å². The first kappa shape index (κ1) is 25.4. The van der Waals surface area contributed by atoms with Crippen molar-refractivity contribution in [3.8, 4) is 11.5 Å². The van der Waals surface area contributed by atoms with Crippen molar-refractivity contribution in [2.75, 3.05) is 26.1 Å². The van der Waals surface area contributed by atoms with Gasteiger partial charge in [0.2, 0.25) is 0 Å². The second-order valence-electron chi connectivity index (χ2n) is 8.19. The molecule has 0 spiro atoms. The third-order valence-electron chi connectivity index (χ3n) is 5.92. The summed E-state index contributed by atoms with van der Waals surface area (Å²) < 4.78 is 16.0. The van der Waals surface area contributed by atoms with E-state index in [1.807, 2.05) is 13.8 Å². The van der Waals surface area contributed by atoms with Crippen LogP contribution in [0.2, 0.25) is 5.02 Å². The maximum Gasteiger partial charge on any atom is 0.340 e. The molecule has 1 heterocycles. The summed E-state index contributed by atoms with van der Waals surface area (Å²) in [5.41, 5.74) is 0.395. The van der Waals surface area contributed by atoms with Gasteiger partial charge in [0.1, 0.15) is 0 Å². The maximum atomic E-state index is 13.0. The lowest BCUT2D eigenvalue weighted by Crippen LogP contribution is -2.49. The zero-order valence-corrected chi connectivity index (χ0v) is 20.5. The van der Waals surface area contributed by atoms with Crippen LogP contribution in [0.5, 0.6) is 11.5 Å². The zero-order chi connectivity index (χ0) is 24.8. The Balaban J connectivity index is 1.84. The van der Waals surface area contributed by atoms with Gasteiger partial charge in [-0.1, -0.05) is 23.7 Å². The third kappa shape index (κ3) is 5.62. The summed E-state index contributed by atoms with van der Waals surface area (Å²) in [6, 6.07) is 9.58. The topological polar surface area (TPSA) is 94.2 Å². The third-order valence-corrected chi connectivity index (χ3v) is 6.25. The number of hydrogen-bond acceptors (Lipinski definition) is 6.